The minimum atomic E-state index is -0.745. The molecule has 0 spiro atoms. The van der Waals surface area contributed by atoms with Crippen molar-refractivity contribution in [3.05, 3.63) is 5.73 Å². The quantitative estimate of drug-likeness (QED) is 0.576. The van der Waals surface area contributed by atoms with Crippen molar-refractivity contribution in [1.82, 2.24) is 5.32 Å². The summed E-state index contributed by atoms with van der Waals surface area (Å²) < 4.78 is 0. The van der Waals surface area contributed by atoms with E-state index >= 15 is 0 Å². The van der Waals surface area contributed by atoms with Crippen molar-refractivity contribution in [2.45, 2.75) is 0 Å². The number of nitrogens with one attached hydrogen (secondary N) is 2. The van der Waals surface area contributed by atoms with E-state index < -0.39 is 6.03 Å². The van der Waals surface area contributed by atoms with Crippen LogP contribution in [0.25, 0.3) is 5.73 Å². The molecule has 0 aliphatic rings. The fraction of sp³-hybridized carbons (Fsp3) is 0.500. The summed E-state index contributed by atoms with van der Waals surface area (Å²) in [7, 11) is 1.41. The zero-order valence-corrected chi connectivity index (χ0v) is 9.10. The number of rotatable bonds is 0. The van der Waals surface area contributed by atoms with Gasteiger partial charge in [-0.3, -0.25) is 4.79 Å². The summed E-state index contributed by atoms with van der Waals surface area (Å²) in [6, 6.07) is -0.745. The first-order chi connectivity index (χ1) is 2.27. The van der Waals surface area contributed by atoms with Gasteiger partial charge in [-0.25, -0.2) is 0 Å². The van der Waals surface area contributed by atoms with Crippen LogP contribution in [0, 0.1) is 0 Å². The first-order valence-corrected chi connectivity index (χ1v) is 1.20. The molecule has 2 amide bonds. The second kappa shape index (κ2) is 9.78. The van der Waals surface area contributed by atoms with Gasteiger partial charge in [0.25, 0.3) is 0 Å². The molecule has 0 fully saturated rings. The molecule has 0 aromatic heterocycles. The molecule has 0 aliphatic carbocycles. The molecule has 3 nitrogen and oxygen atoms in total. The number of carbonyl (C=O) groups is 1. The first kappa shape index (κ1) is 15.6. The SMILES string of the molecule is CNC([NH-])=O.[Re].[Re]. The molecule has 0 saturated heterocycles. The van der Waals surface area contributed by atoms with E-state index in [0.29, 0.717) is 0 Å². The Labute approximate surface area is 69.7 Å². The molecule has 0 aromatic carbocycles. The Morgan fingerprint density at radius 2 is 1.71 bits per heavy atom. The molecular weight excluding hydrogens is 440 g/mol. The van der Waals surface area contributed by atoms with Gasteiger partial charge in [-0.15, -0.1) is 0 Å². The third kappa shape index (κ3) is 20.7. The Kier molecular flexibility index (Phi) is 21.9. The largest absolute Gasteiger partial charge is 0.453 e. The Hall–Kier alpha value is 0.595. The molecule has 0 unspecified atom stereocenters. The summed E-state index contributed by atoms with van der Waals surface area (Å²) in [5, 5.41) is 2.06. The second-order valence-corrected chi connectivity index (χ2v) is 0.579. The molecule has 7 heavy (non-hydrogen) atoms. The van der Waals surface area contributed by atoms with E-state index in [1.54, 1.807) is 0 Å². The monoisotopic (exact) mass is 447 g/mol. The summed E-state index contributed by atoms with van der Waals surface area (Å²) in [6.07, 6.45) is 0. The van der Waals surface area contributed by atoms with Crippen LogP contribution in [0.4, 0.5) is 4.79 Å². The summed E-state index contributed by atoms with van der Waals surface area (Å²) in [5.74, 6) is 0. The van der Waals surface area contributed by atoms with Gasteiger partial charge in [0.15, 0.2) is 0 Å². The van der Waals surface area contributed by atoms with Gasteiger partial charge < -0.3 is 11.1 Å². The number of carbonyl (C=O) groups excluding carboxylic acids is 1. The Balaban J connectivity index is -0.0000000800. The van der Waals surface area contributed by atoms with E-state index in [4.69, 9.17) is 5.73 Å². The second-order valence-electron chi connectivity index (χ2n) is 0.579. The van der Waals surface area contributed by atoms with E-state index in [0.717, 1.165) is 0 Å². The summed E-state index contributed by atoms with van der Waals surface area (Å²) in [5.41, 5.74) is 6.08. The minimum Gasteiger partial charge on any atom is -0.453 e. The predicted molar refractivity (Wildman–Crippen MR) is 18.8 cm³/mol. The maximum atomic E-state index is 9.37. The molecule has 2 radical (unpaired) electrons. The summed E-state index contributed by atoms with van der Waals surface area (Å²) in [6.45, 7) is 0. The van der Waals surface area contributed by atoms with Crippen LogP contribution in [-0.4, -0.2) is 13.1 Å². The summed E-state index contributed by atoms with van der Waals surface area (Å²) in [4.78, 5) is 9.37. The fourth-order valence-corrected chi connectivity index (χ4v) is 0. The molecule has 0 aliphatic heterocycles. The van der Waals surface area contributed by atoms with Gasteiger partial charge in [0, 0.05) is 40.8 Å². The van der Waals surface area contributed by atoms with Crippen LogP contribution in [0.1, 0.15) is 0 Å². The molecule has 44 valence electrons. The molecule has 0 heterocycles. The van der Waals surface area contributed by atoms with E-state index in [-0.39, 0.29) is 40.8 Å². The molecule has 2 N–H and O–H groups in total. The van der Waals surface area contributed by atoms with Crippen LogP contribution in [0.15, 0.2) is 0 Å². The van der Waals surface area contributed by atoms with Crippen LogP contribution >= 0.6 is 0 Å². The minimum absolute atomic E-state index is 0. The van der Waals surface area contributed by atoms with E-state index in [1.807, 2.05) is 0 Å². The Bertz CT molecular complexity index is 49.0. The standard InChI is InChI=1S/C2H6N2O.2Re/c1-4-2(3)5;;/h1H3,(H3,3,4,5);;/p-1. The average Bonchev–Trinajstić information content (AvgIpc) is 1.38. The normalized spacial score (nSPS) is 4.71. The summed E-state index contributed by atoms with van der Waals surface area (Å²) >= 11 is 0. The van der Waals surface area contributed by atoms with Crippen molar-refractivity contribution < 1.29 is 45.6 Å². The van der Waals surface area contributed by atoms with E-state index in [1.165, 1.54) is 7.05 Å². The van der Waals surface area contributed by atoms with Crippen molar-refractivity contribution in [2.75, 3.05) is 7.05 Å². The smallest absolute Gasteiger partial charge is 0.149 e. The predicted octanol–water partition coefficient (Wildman–Crippen LogP) is 0.373. The van der Waals surface area contributed by atoms with Crippen LogP contribution in [0.2, 0.25) is 0 Å². The van der Waals surface area contributed by atoms with Gasteiger partial charge >= 0.3 is 0 Å². The maximum Gasteiger partial charge on any atom is 0.149 e. The maximum absolute atomic E-state index is 9.37. The van der Waals surface area contributed by atoms with Crippen molar-refractivity contribution >= 4 is 6.03 Å². The van der Waals surface area contributed by atoms with Gasteiger partial charge in [-0.1, -0.05) is 7.05 Å². The zero-order chi connectivity index (χ0) is 4.28. The first-order valence-electron chi connectivity index (χ1n) is 1.20. The van der Waals surface area contributed by atoms with Crippen LogP contribution in [0.3, 0.4) is 0 Å². The number of urea groups is 1. The number of hydrogen-bond acceptors (Lipinski definition) is 1. The third-order valence-electron chi connectivity index (χ3n) is 0.227. The average molecular weight is 445 g/mol. The molecule has 0 bridgehead atoms. The molecule has 0 rings (SSSR count). The molecule has 5 heteroatoms. The van der Waals surface area contributed by atoms with Crippen LogP contribution in [0.5, 0.6) is 0 Å². The molecule has 0 aromatic rings. The topological polar surface area (TPSA) is 52.9 Å². The van der Waals surface area contributed by atoms with Gasteiger partial charge in [0.1, 0.15) is 6.03 Å². The van der Waals surface area contributed by atoms with E-state index in [9.17, 15) is 4.79 Å². The van der Waals surface area contributed by atoms with Crippen LogP contribution < -0.4 is 5.32 Å². The fourth-order valence-electron chi connectivity index (χ4n) is 0. The number of hydrogen-bond donors (Lipinski definition) is 1. The van der Waals surface area contributed by atoms with E-state index in [2.05, 4.69) is 5.32 Å². The van der Waals surface area contributed by atoms with Gasteiger partial charge in [0.05, 0.1) is 0 Å². The molecule has 0 atom stereocenters. The Morgan fingerprint density at radius 3 is 1.71 bits per heavy atom. The van der Waals surface area contributed by atoms with Crippen molar-refractivity contribution in [1.29, 1.82) is 0 Å². The van der Waals surface area contributed by atoms with Gasteiger partial charge in [-0.2, -0.15) is 0 Å². The van der Waals surface area contributed by atoms with Crippen molar-refractivity contribution in [2.24, 2.45) is 0 Å². The molecular formula is C2H5N2ORe2-. The van der Waals surface area contributed by atoms with Gasteiger partial charge in [0.2, 0.25) is 0 Å². The molecule has 0 saturated carbocycles. The number of amides is 2. The van der Waals surface area contributed by atoms with Gasteiger partial charge in [-0.05, 0) is 0 Å². The Morgan fingerprint density at radius 1 is 1.57 bits per heavy atom. The van der Waals surface area contributed by atoms with Crippen LogP contribution in [-0.2, 0) is 40.8 Å². The van der Waals surface area contributed by atoms with Crippen molar-refractivity contribution in [3.63, 3.8) is 0 Å². The third-order valence-corrected chi connectivity index (χ3v) is 0.227. The van der Waals surface area contributed by atoms with Crippen molar-refractivity contribution in [3.8, 4) is 0 Å². The zero-order valence-electron chi connectivity index (χ0n) is 3.66.